The number of nitrogens with one attached hydrogen (secondary N) is 1. The van der Waals surface area contributed by atoms with Gasteiger partial charge in [-0.05, 0) is 37.1 Å². The van der Waals surface area contributed by atoms with Crippen molar-refractivity contribution in [3.63, 3.8) is 0 Å². The number of nitrogens with zero attached hydrogens (tertiary/aromatic N) is 1. The van der Waals surface area contributed by atoms with E-state index in [0.29, 0.717) is 6.04 Å². The van der Waals surface area contributed by atoms with E-state index in [9.17, 15) is 0 Å². The summed E-state index contributed by atoms with van der Waals surface area (Å²) in [6.45, 7) is 7.42. The molecule has 0 aliphatic carbocycles. The van der Waals surface area contributed by atoms with Crippen LogP contribution >= 0.6 is 0 Å². The summed E-state index contributed by atoms with van der Waals surface area (Å²) in [5.41, 5.74) is 2.36. The number of hydrogen-bond donors (Lipinski definition) is 1. The molecule has 17 heavy (non-hydrogen) atoms. The van der Waals surface area contributed by atoms with Crippen LogP contribution in [0, 0.1) is 0 Å². The number of allylic oxidation sites excluding steroid dienone is 1. The van der Waals surface area contributed by atoms with E-state index in [1.807, 2.05) is 12.3 Å². The van der Waals surface area contributed by atoms with Crippen LogP contribution in [0.1, 0.15) is 32.8 Å². The molecule has 0 saturated carbocycles. The molecular weight excluding hydrogens is 212 g/mol. The van der Waals surface area contributed by atoms with Gasteiger partial charge in [0.25, 0.3) is 0 Å². The Labute approximate surface area is 104 Å². The zero-order chi connectivity index (χ0) is 12.7. The zero-order valence-corrected chi connectivity index (χ0v) is 11.2. The third-order valence-electron chi connectivity index (χ3n) is 2.55. The molecule has 0 amide bonds. The molecule has 3 heteroatoms. The Bertz CT molecular complexity index is 372. The van der Waals surface area contributed by atoms with Crippen molar-refractivity contribution in [2.75, 3.05) is 13.7 Å². The minimum absolute atomic E-state index is 0.544. The van der Waals surface area contributed by atoms with Crippen LogP contribution in [-0.2, 0) is 0 Å². The maximum atomic E-state index is 5.16. The Morgan fingerprint density at radius 2 is 2.24 bits per heavy atom. The second-order valence-corrected chi connectivity index (χ2v) is 4.40. The molecule has 0 radical (unpaired) electrons. The summed E-state index contributed by atoms with van der Waals surface area (Å²) >= 11 is 0. The van der Waals surface area contributed by atoms with Crippen molar-refractivity contribution in [1.29, 1.82) is 0 Å². The number of aromatic nitrogens is 1. The Morgan fingerprint density at radius 1 is 1.47 bits per heavy atom. The van der Waals surface area contributed by atoms with E-state index in [2.05, 4.69) is 37.1 Å². The molecule has 0 atom stereocenters. The first-order chi connectivity index (χ1) is 8.13. The van der Waals surface area contributed by atoms with Gasteiger partial charge in [-0.25, -0.2) is 0 Å². The number of rotatable bonds is 6. The van der Waals surface area contributed by atoms with Crippen LogP contribution in [0.4, 0.5) is 0 Å². The van der Waals surface area contributed by atoms with Gasteiger partial charge in [0.2, 0.25) is 0 Å². The third kappa shape index (κ3) is 5.00. The van der Waals surface area contributed by atoms with Gasteiger partial charge in [-0.3, -0.25) is 4.98 Å². The van der Waals surface area contributed by atoms with Crippen molar-refractivity contribution >= 4 is 5.57 Å². The van der Waals surface area contributed by atoms with Crippen LogP contribution in [0.15, 0.2) is 24.5 Å². The average Bonchev–Trinajstić information content (AvgIpc) is 2.34. The highest BCUT2D eigenvalue weighted by atomic mass is 16.5. The lowest BCUT2D eigenvalue weighted by atomic mass is 10.1. The summed E-state index contributed by atoms with van der Waals surface area (Å²) < 4.78 is 5.16. The maximum absolute atomic E-state index is 5.16. The van der Waals surface area contributed by atoms with E-state index in [1.54, 1.807) is 13.3 Å². The van der Waals surface area contributed by atoms with Gasteiger partial charge >= 0.3 is 0 Å². The van der Waals surface area contributed by atoms with E-state index in [1.165, 1.54) is 5.57 Å². The predicted molar refractivity (Wildman–Crippen MR) is 72.2 cm³/mol. The Hall–Kier alpha value is -1.35. The lowest BCUT2D eigenvalue weighted by Gasteiger charge is -2.07. The summed E-state index contributed by atoms with van der Waals surface area (Å²) in [4.78, 5) is 4.15. The van der Waals surface area contributed by atoms with E-state index in [4.69, 9.17) is 4.74 Å². The van der Waals surface area contributed by atoms with Gasteiger partial charge in [-0.2, -0.15) is 0 Å². The van der Waals surface area contributed by atoms with Crippen molar-refractivity contribution in [2.45, 2.75) is 33.2 Å². The maximum Gasteiger partial charge on any atom is 0.137 e. The second kappa shape index (κ2) is 7.07. The lowest BCUT2D eigenvalue weighted by Crippen LogP contribution is -2.23. The van der Waals surface area contributed by atoms with Gasteiger partial charge < -0.3 is 10.1 Å². The third-order valence-corrected chi connectivity index (χ3v) is 2.55. The van der Waals surface area contributed by atoms with Gasteiger partial charge in [0.1, 0.15) is 5.75 Å². The Morgan fingerprint density at radius 3 is 2.88 bits per heavy atom. The zero-order valence-electron chi connectivity index (χ0n) is 11.2. The first kappa shape index (κ1) is 13.7. The smallest absolute Gasteiger partial charge is 0.137 e. The number of pyridine rings is 1. The Kier molecular flexibility index (Phi) is 5.70. The number of hydrogen-bond acceptors (Lipinski definition) is 3. The van der Waals surface area contributed by atoms with E-state index < -0.39 is 0 Å². The quantitative estimate of drug-likeness (QED) is 0.768. The van der Waals surface area contributed by atoms with Crippen molar-refractivity contribution in [1.82, 2.24) is 10.3 Å². The molecule has 0 aromatic carbocycles. The summed E-state index contributed by atoms with van der Waals surface area (Å²) in [7, 11) is 1.66. The highest BCUT2D eigenvalue weighted by molar-refractivity contribution is 5.63. The molecule has 0 spiro atoms. The molecule has 0 fully saturated rings. The van der Waals surface area contributed by atoms with Crippen molar-refractivity contribution in [2.24, 2.45) is 0 Å². The van der Waals surface area contributed by atoms with E-state index in [0.717, 1.165) is 24.3 Å². The van der Waals surface area contributed by atoms with E-state index in [-0.39, 0.29) is 0 Å². The molecule has 0 aliphatic heterocycles. The molecule has 3 nitrogen and oxygen atoms in total. The molecule has 94 valence electrons. The minimum Gasteiger partial charge on any atom is -0.495 e. The molecule has 0 aliphatic rings. The van der Waals surface area contributed by atoms with Gasteiger partial charge in [-0.1, -0.05) is 19.9 Å². The highest BCUT2D eigenvalue weighted by Gasteiger charge is 1.98. The van der Waals surface area contributed by atoms with Crippen molar-refractivity contribution in [3.05, 3.63) is 30.1 Å². The number of ether oxygens (including phenoxy) is 1. The van der Waals surface area contributed by atoms with Gasteiger partial charge in [0.05, 0.1) is 13.3 Å². The first-order valence-electron chi connectivity index (χ1n) is 6.03. The van der Waals surface area contributed by atoms with Gasteiger partial charge in [-0.15, -0.1) is 0 Å². The fraction of sp³-hybridized carbons (Fsp3) is 0.500. The summed E-state index contributed by atoms with van der Waals surface area (Å²) in [6.07, 6.45) is 6.84. The topological polar surface area (TPSA) is 34.1 Å². The number of methoxy groups -OCH3 is 1. The van der Waals surface area contributed by atoms with Crippen LogP contribution < -0.4 is 10.1 Å². The van der Waals surface area contributed by atoms with Gasteiger partial charge in [0.15, 0.2) is 0 Å². The molecule has 0 saturated heterocycles. The molecule has 1 N–H and O–H groups in total. The van der Waals surface area contributed by atoms with Crippen LogP contribution in [0.25, 0.3) is 5.57 Å². The molecule has 1 heterocycles. The van der Waals surface area contributed by atoms with Crippen LogP contribution in [-0.4, -0.2) is 24.7 Å². The summed E-state index contributed by atoms with van der Waals surface area (Å²) in [5.74, 6) is 0.801. The normalized spacial score (nSPS) is 11.9. The van der Waals surface area contributed by atoms with Crippen LogP contribution in [0.2, 0.25) is 0 Å². The average molecular weight is 234 g/mol. The Balaban J connectivity index is 2.55. The monoisotopic (exact) mass is 234 g/mol. The first-order valence-corrected chi connectivity index (χ1v) is 6.03. The van der Waals surface area contributed by atoms with Gasteiger partial charge in [0, 0.05) is 12.2 Å². The highest BCUT2D eigenvalue weighted by Crippen LogP contribution is 2.18. The van der Waals surface area contributed by atoms with Crippen LogP contribution in [0.5, 0.6) is 5.75 Å². The second-order valence-electron chi connectivity index (χ2n) is 4.40. The SMILES string of the molecule is COc1cncc(/C(C)=C/CCNC(C)C)c1. The molecular formula is C14H22N2O. The molecule has 1 aromatic rings. The fourth-order valence-electron chi connectivity index (χ4n) is 1.52. The molecule has 1 rings (SSSR count). The molecule has 0 unspecified atom stereocenters. The minimum atomic E-state index is 0.544. The lowest BCUT2D eigenvalue weighted by molar-refractivity contribution is 0.412. The predicted octanol–water partition coefficient (Wildman–Crippen LogP) is 2.88. The van der Waals surface area contributed by atoms with E-state index >= 15 is 0 Å². The molecule has 0 bridgehead atoms. The standard InChI is InChI=1S/C14H22N2O/c1-11(2)16-7-5-6-12(3)13-8-14(17-4)10-15-9-13/h6,8-11,16H,5,7H2,1-4H3/b12-6+. The van der Waals surface area contributed by atoms with Crippen LogP contribution in [0.3, 0.4) is 0 Å². The fourth-order valence-corrected chi connectivity index (χ4v) is 1.52. The van der Waals surface area contributed by atoms with Crippen molar-refractivity contribution in [3.8, 4) is 5.75 Å². The largest absolute Gasteiger partial charge is 0.495 e. The summed E-state index contributed by atoms with van der Waals surface area (Å²) in [6, 6.07) is 2.55. The molecule has 1 aromatic heterocycles. The van der Waals surface area contributed by atoms with Crippen molar-refractivity contribution < 1.29 is 4.74 Å². The summed E-state index contributed by atoms with van der Waals surface area (Å²) in [5, 5.41) is 3.39.